The number of rotatable bonds is 34. The molecule has 0 saturated carbocycles. The summed E-state index contributed by atoms with van der Waals surface area (Å²) in [5.41, 5.74) is 0. The van der Waals surface area contributed by atoms with Gasteiger partial charge in [-0.3, -0.25) is 9.59 Å². The van der Waals surface area contributed by atoms with Crippen LogP contribution in [0.1, 0.15) is 207 Å². The number of aliphatic hydroxyl groups excluding tert-OH is 1. The van der Waals surface area contributed by atoms with Gasteiger partial charge in [0, 0.05) is 12.8 Å². The zero-order valence-corrected chi connectivity index (χ0v) is 30.0. The van der Waals surface area contributed by atoms with Gasteiger partial charge in [-0.2, -0.15) is 0 Å². The Morgan fingerprint density at radius 2 is 0.750 bits per heavy atom. The normalized spacial score (nSPS) is 12.2. The van der Waals surface area contributed by atoms with Gasteiger partial charge in [-0.1, -0.05) is 182 Å². The summed E-state index contributed by atoms with van der Waals surface area (Å²) in [5, 5.41) is 9.53. The van der Waals surface area contributed by atoms with Crippen molar-refractivity contribution in [1.82, 2.24) is 0 Å². The van der Waals surface area contributed by atoms with E-state index < -0.39 is 6.10 Å². The maximum atomic E-state index is 12.2. The van der Waals surface area contributed by atoms with Crippen molar-refractivity contribution in [3.63, 3.8) is 0 Å². The molecule has 0 aromatic heterocycles. The number of carbonyl (C=O) groups is 2. The molecule has 262 valence electrons. The van der Waals surface area contributed by atoms with Crippen molar-refractivity contribution in [2.75, 3.05) is 13.2 Å². The van der Waals surface area contributed by atoms with Crippen LogP contribution in [0.2, 0.25) is 0 Å². The topological polar surface area (TPSA) is 72.8 Å². The van der Waals surface area contributed by atoms with E-state index in [-0.39, 0.29) is 25.2 Å². The van der Waals surface area contributed by atoms with Gasteiger partial charge in [-0.25, -0.2) is 0 Å². The van der Waals surface area contributed by atoms with Gasteiger partial charge < -0.3 is 14.6 Å². The minimum absolute atomic E-state index is 0.0595. The second-order valence-corrected chi connectivity index (χ2v) is 14.3. The van der Waals surface area contributed by atoms with Crippen LogP contribution < -0.4 is 0 Å². The van der Waals surface area contributed by atoms with Crippen LogP contribution in [-0.2, 0) is 19.1 Å². The third-order valence-electron chi connectivity index (χ3n) is 8.76. The number of esters is 2. The molecule has 1 N–H and O–H groups in total. The van der Waals surface area contributed by atoms with Crippen molar-refractivity contribution < 1.29 is 24.2 Å². The average molecular weight is 625 g/mol. The number of ether oxygens (including phenoxy) is 2. The van der Waals surface area contributed by atoms with E-state index in [1.807, 2.05) is 0 Å². The van der Waals surface area contributed by atoms with Gasteiger partial charge in [-0.15, -0.1) is 0 Å². The fourth-order valence-electron chi connectivity index (χ4n) is 5.81. The molecular weight excluding hydrogens is 548 g/mol. The molecule has 1 atom stereocenters. The zero-order valence-electron chi connectivity index (χ0n) is 30.0. The molecule has 0 saturated heterocycles. The second-order valence-electron chi connectivity index (χ2n) is 14.3. The molecule has 0 aromatic carbocycles. The Bertz CT molecular complexity index is 618. The minimum atomic E-state index is -0.762. The Morgan fingerprint density at radius 3 is 1.07 bits per heavy atom. The lowest BCUT2D eigenvalue weighted by atomic mass is 10.0. The summed E-state index contributed by atoms with van der Waals surface area (Å²) in [6, 6.07) is 0. The predicted octanol–water partition coefficient (Wildman–Crippen LogP) is 11.7. The van der Waals surface area contributed by atoms with Crippen LogP contribution in [-0.4, -0.2) is 36.4 Å². The van der Waals surface area contributed by atoms with Crippen LogP contribution in [0.3, 0.4) is 0 Å². The lowest BCUT2D eigenvalue weighted by Crippen LogP contribution is -2.28. The fraction of sp³-hybridized carbons (Fsp3) is 0.949. The molecule has 0 amide bonds. The van der Waals surface area contributed by atoms with Crippen molar-refractivity contribution in [3.8, 4) is 0 Å². The third kappa shape index (κ3) is 33.8. The molecule has 0 fully saturated rings. The van der Waals surface area contributed by atoms with Crippen LogP contribution in [0.25, 0.3) is 0 Å². The highest BCUT2D eigenvalue weighted by Crippen LogP contribution is 2.16. The molecule has 5 nitrogen and oxygen atoms in total. The average Bonchev–Trinajstić information content (AvgIpc) is 2.99. The fourth-order valence-corrected chi connectivity index (χ4v) is 5.81. The van der Waals surface area contributed by atoms with Crippen LogP contribution >= 0.6 is 0 Å². The summed E-state index contributed by atoms with van der Waals surface area (Å²) in [5.74, 6) is 1.08. The Morgan fingerprint density at radius 1 is 0.455 bits per heavy atom. The van der Waals surface area contributed by atoms with E-state index >= 15 is 0 Å². The van der Waals surface area contributed by atoms with E-state index in [0.29, 0.717) is 12.8 Å². The smallest absolute Gasteiger partial charge is 0.306 e. The molecule has 0 aliphatic rings. The zero-order chi connectivity index (χ0) is 32.5. The number of hydrogen-bond acceptors (Lipinski definition) is 5. The Hall–Kier alpha value is -1.10. The van der Waals surface area contributed by atoms with Gasteiger partial charge in [-0.05, 0) is 24.7 Å². The van der Waals surface area contributed by atoms with Gasteiger partial charge in [0.05, 0.1) is 6.61 Å². The molecule has 0 aliphatic heterocycles. The number of aliphatic hydroxyl groups is 1. The molecule has 0 radical (unpaired) electrons. The first kappa shape index (κ1) is 42.9. The SMILES string of the molecule is CC(C)CCCCCCCCCCCCCCCCCCC(=O)O[C@@H](CO)COC(=O)CCCCCCCCCCC(C)C. The number of carbonyl (C=O) groups excluding carboxylic acids is 2. The van der Waals surface area contributed by atoms with E-state index in [1.54, 1.807) is 0 Å². The summed E-state index contributed by atoms with van der Waals surface area (Å²) >= 11 is 0. The van der Waals surface area contributed by atoms with Crippen molar-refractivity contribution in [2.45, 2.75) is 214 Å². The second kappa shape index (κ2) is 33.3. The maximum absolute atomic E-state index is 12.2. The first-order chi connectivity index (χ1) is 21.3. The minimum Gasteiger partial charge on any atom is -0.462 e. The highest BCUT2D eigenvalue weighted by Gasteiger charge is 2.16. The third-order valence-corrected chi connectivity index (χ3v) is 8.76. The molecule has 0 aromatic rings. The van der Waals surface area contributed by atoms with Crippen molar-refractivity contribution in [1.29, 1.82) is 0 Å². The van der Waals surface area contributed by atoms with E-state index in [1.165, 1.54) is 128 Å². The van der Waals surface area contributed by atoms with Crippen molar-refractivity contribution in [2.24, 2.45) is 11.8 Å². The van der Waals surface area contributed by atoms with E-state index in [4.69, 9.17) is 9.47 Å². The van der Waals surface area contributed by atoms with Crippen molar-refractivity contribution >= 4 is 11.9 Å². The molecule has 0 aliphatic carbocycles. The van der Waals surface area contributed by atoms with Crippen LogP contribution in [0.4, 0.5) is 0 Å². The Labute approximate surface area is 274 Å². The van der Waals surface area contributed by atoms with Crippen LogP contribution in [0, 0.1) is 11.8 Å². The van der Waals surface area contributed by atoms with Gasteiger partial charge in [0.25, 0.3) is 0 Å². The summed E-state index contributed by atoms with van der Waals surface area (Å²) in [7, 11) is 0. The largest absolute Gasteiger partial charge is 0.462 e. The maximum Gasteiger partial charge on any atom is 0.306 e. The number of unbranched alkanes of at least 4 members (excludes halogenated alkanes) is 22. The Balaban J connectivity index is 3.49. The molecule has 0 heterocycles. The monoisotopic (exact) mass is 625 g/mol. The van der Waals surface area contributed by atoms with Gasteiger partial charge in [0.2, 0.25) is 0 Å². The first-order valence-corrected chi connectivity index (χ1v) is 19.3. The molecule has 0 rings (SSSR count). The number of hydrogen-bond donors (Lipinski definition) is 1. The first-order valence-electron chi connectivity index (χ1n) is 19.3. The molecule has 5 heteroatoms. The lowest BCUT2D eigenvalue weighted by Gasteiger charge is -2.15. The summed E-state index contributed by atoms with van der Waals surface area (Å²) in [4.78, 5) is 24.2. The summed E-state index contributed by atoms with van der Waals surface area (Å²) < 4.78 is 10.6. The van der Waals surface area contributed by atoms with Gasteiger partial charge >= 0.3 is 11.9 Å². The molecular formula is C39H76O5. The van der Waals surface area contributed by atoms with Crippen LogP contribution in [0.15, 0.2) is 0 Å². The van der Waals surface area contributed by atoms with E-state index in [0.717, 1.165) is 50.4 Å². The molecule has 0 unspecified atom stereocenters. The summed E-state index contributed by atoms with van der Waals surface area (Å²) in [6.07, 6.45) is 33.1. The molecule has 0 bridgehead atoms. The van der Waals surface area contributed by atoms with Crippen molar-refractivity contribution in [3.05, 3.63) is 0 Å². The quantitative estimate of drug-likeness (QED) is 0.0569. The van der Waals surface area contributed by atoms with E-state index in [2.05, 4.69) is 27.7 Å². The lowest BCUT2D eigenvalue weighted by molar-refractivity contribution is -0.161. The predicted molar refractivity (Wildman–Crippen MR) is 187 cm³/mol. The van der Waals surface area contributed by atoms with Gasteiger partial charge in [0.1, 0.15) is 6.61 Å². The standard InChI is InChI=1S/C39H76O5/c1-35(2)29-25-21-17-13-11-9-7-5-6-8-10-12-14-20-24-28-32-39(42)44-37(33-40)34-43-38(41)31-27-23-19-16-15-18-22-26-30-36(3)4/h35-37,40H,5-34H2,1-4H3/t37-/m0/s1. The Kier molecular flexibility index (Phi) is 32.4. The van der Waals surface area contributed by atoms with Gasteiger partial charge in [0.15, 0.2) is 6.10 Å². The van der Waals surface area contributed by atoms with E-state index in [9.17, 15) is 14.7 Å². The summed E-state index contributed by atoms with van der Waals surface area (Å²) in [6.45, 7) is 8.82. The van der Waals surface area contributed by atoms with Crippen LogP contribution in [0.5, 0.6) is 0 Å². The molecule has 44 heavy (non-hydrogen) atoms. The highest BCUT2D eigenvalue weighted by molar-refractivity contribution is 5.70. The highest BCUT2D eigenvalue weighted by atomic mass is 16.6. The molecule has 0 spiro atoms.